The van der Waals surface area contributed by atoms with Crippen LogP contribution in [0.2, 0.25) is 0 Å². The monoisotopic (exact) mass is 409 g/mol. The Balaban J connectivity index is 1.33. The van der Waals surface area contributed by atoms with Gasteiger partial charge in [-0.3, -0.25) is 30.0 Å². The average Bonchev–Trinajstić information content (AvgIpc) is 3.49. The van der Waals surface area contributed by atoms with Crippen LogP contribution in [0, 0.1) is 23.7 Å². The molecule has 4 rings (SSSR count). The molecule has 2 aromatic rings. The normalized spacial score (nSPS) is 23.7. The number of hydrogen-bond acceptors (Lipinski definition) is 5. The molecule has 4 N–H and O–H groups in total. The second-order valence-electron chi connectivity index (χ2n) is 7.29. The number of furan rings is 1. The third-order valence-corrected chi connectivity index (χ3v) is 5.50. The molecule has 1 saturated carbocycles. The molecule has 30 heavy (non-hydrogen) atoms. The Morgan fingerprint density at radius 1 is 0.900 bits per heavy atom. The summed E-state index contributed by atoms with van der Waals surface area (Å²) >= 11 is 0. The van der Waals surface area contributed by atoms with Gasteiger partial charge in [-0.25, -0.2) is 0 Å². The summed E-state index contributed by atoms with van der Waals surface area (Å²) in [6.07, 6.45) is 5.74. The molecule has 2 aliphatic rings. The summed E-state index contributed by atoms with van der Waals surface area (Å²) in [5.74, 6) is -4.12. The molecule has 1 heterocycles. The van der Waals surface area contributed by atoms with Crippen molar-refractivity contribution in [3.63, 3.8) is 0 Å². The zero-order valence-corrected chi connectivity index (χ0v) is 15.7. The van der Waals surface area contributed by atoms with Gasteiger partial charge in [0.2, 0.25) is 5.91 Å². The number of hydrazine groups is 1. The summed E-state index contributed by atoms with van der Waals surface area (Å²) in [6.45, 7) is 0. The van der Waals surface area contributed by atoms with Gasteiger partial charge in [-0.15, -0.1) is 0 Å². The number of carboxylic acids is 1. The molecule has 1 aromatic carbocycles. The number of benzene rings is 1. The largest absolute Gasteiger partial charge is 0.481 e. The van der Waals surface area contributed by atoms with Gasteiger partial charge in [-0.1, -0.05) is 12.2 Å². The first kappa shape index (κ1) is 19.4. The Bertz CT molecular complexity index is 1010. The van der Waals surface area contributed by atoms with E-state index >= 15 is 0 Å². The van der Waals surface area contributed by atoms with Gasteiger partial charge in [0.1, 0.15) is 0 Å². The van der Waals surface area contributed by atoms with Gasteiger partial charge in [-0.2, -0.15) is 0 Å². The molecule has 0 saturated heterocycles. The van der Waals surface area contributed by atoms with E-state index in [-0.39, 0.29) is 23.2 Å². The van der Waals surface area contributed by atoms with E-state index in [1.54, 1.807) is 18.2 Å². The highest BCUT2D eigenvalue weighted by atomic mass is 16.4. The minimum absolute atomic E-state index is 0.134. The van der Waals surface area contributed by atoms with E-state index in [1.807, 2.05) is 12.2 Å². The Labute approximate surface area is 171 Å². The summed E-state index contributed by atoms with van der Waals surface area (Å²) in [4.78, 5) is 48.3. The number of aliphatic carboxylic acids is 1. The summed E-state index contributed by atoms with van der Waals surface area (Å²) < 4.78 is 5.01. The fourth-order valence-electron chi connectivity index (χ4n) is 4.10. The van der Waals surface area contributed by atoms with Crippen LogP contribution in [-0.2, 0) is 9.59 Å². The van der Waals surface area contributed by atoms with Crippen molar-refractivity contribution < 1.29 is 28.7 Å². The van der Waals surface area contributed by atoms with Crippen molar-refractivity contribution in [2.24, 2.45) is 23.7 Å². The number of allylic oxidation sites excluding steroid dienone is 2. The fraction of sp³-hybridized carbons (Fsp3) is 0.238. The number of fused-ring (bicyclic) bond motifs is 2. The van der Waals surface area contributed by atoms with E-state index in [1.165, 1.54) is 24.5 Å². The molecule has 3 amide bonds. The summed E-state index contributed by atoms with van der Waals surface area (Å²) in [5, 5.41) is 12.1. The first-order valence-corrected chi connectivity index (χ1v) is 9.40. The van der Waals surface area contributed by atoms with Crippen molar-refractivity contribution in [2.75, 3.05) is 5.32 Å². The molecule has 0 unspecified atom stereocenters. The maximum atomic E-state index is 12.5. The Morgan fingerprint density at radius 2 is 1.60 bits per heavy atom. The second-order valence-corrected chi connectivity index (χ2v) is 7.29. The van der Waals surface area contributed by atoms with Crippen LogP contribution in [0.25, 0.3) is 0 Å². The molecule has 0 aliphatic heterocycles. The van der Waals surface area contributed by atoms with Gasteiger partial charge in [0, 0.05) is 11.3 Å². The number of nitrogens with one attached hydrogen (secondary N) is 3. The van der Waals surface area contributed by atoms with Crippen molar-refractivity contribution in [2.45, 2.75) is 6.42 Å². The van der Waals surface area contributed by atoms with Gasteiger partial charge >= 0.3 is 5.97 Å². The molecule has 1 fully saturated rings. The molecule has 2 bridgehead atoms. The number of rotatable bonds is 5. The van der Waals surface area contributed by atoms with Crippen molar-refractivity contribution in [1.82, 2.24) is 10.9 Å². The smallest absolute Gasteiger partial charge is 0.307 e. The molecule has 9 heteroatoms. The van der Waals surface area contributed by atoms with Crippen LogP contribution < -0.4 is 16.2 Å². The predicted octanol–water partition coefficient (Wildman–Crippen LogP) is 1.82. The minimum Gasteiger partial charge on any atom is -0.481 e. The molecular weight excluding hydrogens is 390 g/mol. The highest BCUT2D eigenvalue weighted by Gasteiger charge is 2.51. The van der Waals surface area contributed by atoms with Crippen LogP contribution in [0.4, 0.5) is 5.69 Å². The second kappa shape index (κ2) is 7.86. The number of carbonyl (C=O) groups is 4. The highest BCUT2D eigenvalue weighted by molar-refractivity contribution is 6.02. The number of carboxylic acid groups (broad SMARTS) is 1. The standard InChI is InChI=1S/C21H19N3O6/c25-18(11-5-7-14(8-6-11)22-19(26)15-2-1-9-30-15)23-24-20(27)16-12-3-4-13(10-12)17(16)21(28)29/h1-9,12-13,16-17H,10H2,(H,22,26)(H,23,25)(H,24,27)(H,28,29)/t12-,13-,16-,17+/m0/s1. The van der Waals surface area contributed by atoms with Crippen molar-refractivity contribution >= 4 is 29.4 Å². The quantitative estimate of drug-likeness (QED) is 0.439. The molecule has 0 radical (unpaired) electrons. The van der Waals surface area contributed by atoms with Crippen LogP contribution >= 0.6 is 0 Å². The topological polar surface area (TPSA) is 138 Å². The molecule has 9 nitrogen and oxygen atoms in total. The van der Waals surface area contributed by atoms with Crippen molar-refractivity contribution in [1.29, 1.82) is 0 Å². The third kappa shape index (κ3) is 3.69. The lowest BCUT2D eigenvalue weighted by atomic mass is 9.82. The van der Waals surface area contributed by atoms with Crippen LogP contribution in [0.15, 0.2) is 59.2 Å². The van der Waals surface area contributed by atoms with Crippen molar-refractivity contribution in [3.8, 4) is 0 Å². The van der Waals surface area contributed by atoms with Crippen LogP contribution in [0.5, 0.6) is 0 Å². The Kier molecular flexibility index (Phi) is 5.09. The molecule has 1 aromatic heterocycles. The van der Waals surface area contributed by atoms with E-state index in [0.717, 1.165) is 0 Å². The molecule has 4 atom stereocenters. The predicted molar refractivity (Wildman–Crippen MR) is 104 cm³/mol. The SMILES string of the molecule is O=C(NNC(=O)[C@@H]1[C@H](C(=O)O)[C@H]2C=C[C@H]1C2)c1ccc(NC(=O)c2ccco2)cc1. The number of amides is 3. The van der Waals surface area contributed by atoms with Gasteiger partial charge in [0.15, 0.2) is 5.76 Å². The summed E-state index contributed by atoms with van der Waals surface area (Å²) in [5.41, 5.74) is 5.39. The minimum atomic E-state index is -1.01. The average molecular weight is 409 g/mol. The first-order chi connectivity index (χ1) is 14.4. The van der Waals surface area contributed by atoms with Gasteiger partial charge in [0.25, 0.3) is 11.8 Å². The van der Waals surface area contributed by atoms with Gasteiger partial charge < -0.3 is 14.8 Å². The van der Waals surface area contributed by atoms with Crippen LogP contribution in [-0.4, -0.2) is 28.8 Å². The lowest BCUT2D eigenvalue weighted by Crippen LogP contribution is -2.48. The summed E-state index contributed by atoms with van der Waals surface area (Å²) in [6, 6.07) is 9.18. The Morgan fingerprint density at radius 3 is 2.23 bits per heavy atom. The first-order valence-electron chi connectivity index (χ1n) is 9.40. The number of anilines is 1. The zero-order chi connectivity index (χ0) is 21.3. The van der Waals surface area contributed by atoms with Crippen LogP contribution in [0.3, 0.4) is 0 Å². The number of carbonyl (C=O) groups excluding carboxylic acids is 3. The van der Waals surface area contributed by atoms with Crippen LogP contribution in [0.1, 0.15) is 27.3 Å². The molecular formula is C21H19N3O6. The van der Waals surface area contributed by atoms with E-state index in [4.69, 9.17) is 4.42 Å². The summed E-state index contributed by atoms with van der Waals surface area (Å²) in [7, 11) is 0. The Hall–Kier alpha value is -3.88. The number of hydrogen-bond donors (Lipinski definition) is 4. The lowest BCUT2D eigenvalue weighted by molar-refractivity contribution is -0.148. The third-order valence-electron chi connectivity index (χ3n) is 5.50. The van der Waals surface area contributed by atoms with Gasteiger partial charge in [0.05, 0.1) is 18.1 Å². The highest BCUT2D eigenvalue weighted by Crippen LogP contribution is 2.48. The molecule has 2 aliphatic carbocycles. The zero-order valence-electron chi connectivity index (χ0n) is 15.7. The van der Waals surface area contributed by atoms with E-state index < -0.39 is 35.5 Å². The van der Waals surface area contributed by atoms with E-state index in [0.29, 0.717) is 12.1 Å². The molecule has 154 valence electrons. The maximum Gasteiger partial charge on any atom is 0.307 e. The fourth-order valence-corrected chi connectivity index (χ4v) is 4.10. The van der Waals surface area contributed by atoms with Crippen molar-refractivity contribution in [3.05, 3.63) is 66.1 Å². The van der Waals surface area contributed by atoms with E-state index in [9.17, 15) is 24.3 Å². The lowest BCUT2D eigenvalue weighted by Gasteiger charge is -2.23. The van der Waals surface area contributed by atoms with Gasteiger partial charge in [-0.05, 0) is 54.7 Å². The van der Waals surface area contributed by atoms with E-state index in [2.05, 4.69) is 16.2 Å². The molecule has 0 spiro atoms. The maximum absolute atomic E-state index is 12.5.